The van der Waals surface area contributed by atoms with Gasteiger partial charge in [0.05, 0.1) is 5.56 Å². The highest BCUT2D eigenvalue weighted by molar-refractivity contribution is 5.95. The van der Waals surface area contributed by atoms with Gasteiger partial charge in [-0.3, -0.25) is 4.79 Å². The molecule has 6 heteroatoms. The summed E-state index contributed by atoms with van der Waals surface area (Å²) in [6.45, 7) is 0. The van der Waals surface area contributed by atoms with Crippen LogP contribution in [0.1, 0.15) is 28.8 Å². The van der Waals surface area contributed by atoms with Gasteiger partial charge in [0, 0.05) is 24.3 Å². The maximum Gasteiger partial charge on any atom is 0.418 e. The zero-order chi connectivity index (χ0) is 13.5. The van der Waals surface area contributed by atoms with E-state index < -0.39 is 17.4 Å². The Morgan fingerprint density at radius 2 is 2.00 bits per heavy atom. The maximum absolute atomic E-state index is 12.5. The number of benzene rings is 1. The average Bonchev–Trinajstić information content (AvgIpc) is 3.09. The molecule has 1 amide bonds. The molecule has 0 bridgehead atoms. The topological polar surface area (TPSA) is 46.3 Å². The van der Waals surface area contributed by atoms with Crippen LogP contribution in [0.4, 0.5) is 18.9 Å². The summed E-state index contributed by atoms with van der Waals surface area (Å²) < 4.78 is 37.5. The van der Waals surface area contributed by atoms with Gasteiger partial charge in [-0.25, -0.2) is 0 Å². The molecular formula is C12H13F3N2O. The van der Waals surface area contributed by atoms with Gasteiger partial charge >= 0.3 is 6.18 Å². The van der Waals surface area contributed by atoms with Gasteiger partial charge < -0.3 is 10.6 Å². The number of hydrogen-bond donors (Lipinski definition) is 1. The average molecular weight is 258 g/mol. The number of rotatable bonds is 2. The Bertz CT molecular complexity index is 481. The molecule has 0 aromatic heterocycles. The molecule has 3 nitrogen and oxygen atoms in total. The van der Waals surface area contributed by atoms with E-state index in [1.54, 1.807) is 11.9 Å². The first-order valence-corrected chi connectivity index (χ1v) is 5.54. The smallest absolute Gasteiger partial charge is 0.398 e. The van der Waals surface area contributed by atoms with Crippen LogP contribution in [0.3, 0.4) is 0 Å². The first kappa shape index (κ1) is 12.7. The Hall–Kier alpha value is -1.72. The van der Waals surface area contributed by atoms with Gasteiger partial charge in [-0.05, 0) is 31.0 Å². The molecule has 2 N–H and O–H groups in total. The molecule has 0 atom stereocenters. The van der Waals surface area contributed by atoms with E-state index in [1.165, 1.54) is 6.07 Å². The predicted molar refractivity (Wildman–Crippen MR) is 61.0 cm³/mol. The van der Waals surface area contributed by atoms with Gasteiger partial charge in [-0.2, -0.15) is 13.2 Å². The fraction of sp³-hybridized carbons (Fsp3) is 0.417. The predicted octanol–water partition coefficient (Wildman–Crippen LogP) is 2.52. The Kier molecular flexibility index (Phi) is 2.96. The standard InChI is InChI=1S/C12H13F3N2O/c1-17(8-3-4-8)11(18)7-2-5-9(10(16)6-7)12(13,14)15/h2,5-6,8H,3-4,16H2,1H3. The van der Waals surface area contributed by atoms with Gasteiger partial charge in [-0.1, -0.05) is 0 Å². The highest BCUT2D eigenvalue weighted by Gasteiger charge is 2.34. The van der Waals surface area contributed by atoms with Crippen LogP contribution in [0.2, 0.25) is 0 Å². The summed E-state index contributed by atoms with van der Waals surface area (Å²) in [6, 6.07) is 3.31. The summed E-state index contributed by atoms with van der Waals surface area (Å²) in [5.41, 5.74) is 4.21. The zero-order valence-electron chi connectivity index (χ0n) is 9.79. The van der Waals surface area contributed by atoms with Crippen LogP contribution in [-0.2, 0) is 6.18 Å². The van der Waals surface area contributed by atoms with E-state index in [4.69, 9.17) is 5.73 Å². The fourth-order valence-corrected chi connectivity index (χ4v) is 1.79. The quantitative estimate of drug-likeness (QED) is 0.828. The summed E-state index contributed by atoms with van der Waals surface area (Å²) in [5.74, 6) is -0.294. The molecule has 0 aliphatic heterocycles. The molecule has 0 radical (unpaired) electrons. The first-order chi connectivity index (χ1) is 8.30. The second-order valence-corrected chi connectivity index (χ2v) is 4.45. The zero-order valence-corrected chi connectivity index (χ0v) is 9.79. The van der Waals surface area contributed by atoms with Gasteiger partial charge in [0.25, 0.3) is 5.91 Å². The molecule has 0 heterocycles. The van der Waals surface area contributed by atoms with Crippen molar-refractivity contribution >= 4 is 11.6 Å². The van der Waals surface area contributed by atoms with E-state index in [-0.39, 0.29) is 17.5 Å². The van der Waals surface area contributed by atoms with Crippen LogP contribution in [0.5, 0.6) is 0 Å². The minimum absolute atomic E-state index is 0.190. The molecule has 18 heavy (non-hydrogen) atoms. The van der Waals surface area contributed by atoms with Crippen molar-refractivity contribution in [2.45, 2.75) is 25.1 Å². The normalized spacial score (nSPS) is 15.6. The van der Waals surface area contributed by atoms with Crippen molar-refractivity contribution in [1.29, 1.82) is 0 Å². The summed E-state index contributed by atoms with van der Waals surface area (Å²) in [4.78, 5) is 13.5. The third-order valence-electron chi connectivity index (χ3n) is 3.02. The third-order valence-corrected chi connectivity index (χ3v) is 3.02. The lowest BCUT2D eigenvalue weighted by molar-refractivity contribution is -0.136. The summed E-state index contributed by atoms with van der Waals surface area (Å²) in [7, 11) is 1.65. The second-order valence-electron chi connectivity index (χ2n) is 4.45. The van der Waals surface area contributed by atoms with Crippen LogP contribution >= 0.6 is 0 Å². The molecule has 1 aliphatic carbocycles. The lowest BCUT2D eigenvalue weighted by Crippen LogP contribution is -2.28. The minimum atomic E-state index is -4.49. The highest BCUT2D eigenvalue weighted by atomic mass is 19.4. The van der Waals surface area contributed by atoms with Crippen LogP contribution in [0.25, 0.3) is 0 Å². The summed E-state index contributed by atoms with van der Waals surface area (Å²) in [6.07, 6.45) is -2.61. The largest absolute Gasteiger partial charge is 0.418 e. The molecule has 98 valence electrons. The Morgan fingerprint density at radius 3 is 2.44 bits per heavy atom. The van der Waals surface area contributed by atoms with Crippen molar-refractivity contribution in [2.24, 2.45) is 0 Å². The van der Waals surface area contributed by atoms with Crippen LogP contribution < -0.4 is 5.73 Å². The number of anilines is 1. The molecule has 1 saturated carbocycles. The highest BCUT2D eigenvalue weighted by Crippen LogP contribution is 2.34. The van der Waals surface area contributed by atoms with Gasteiger partial charge in [-0.15, -0.1) is 0 Å². The molecule has 0 unspecified atom stereocenters. The monoisotopic (exact) mass is 258 g/mol. The van der Waals surface area contributed by atoms with Crippen LogP contribution in [0, 0.1) is 0 Å². The number of carbonyl (C=O) groups is 1. The summed E-state index contributed by atoms with van der Waals surface area (Å²) >= 11 is 0. The molecule has 1 fully saturated rings. The molecule has 1 aromatic rings. The first-order valence-electron chi connectivity index (χ1n) is 5.54. The lowest BCUT2D eigenvalue weighted by Gasteiger charge is -2.17. The number of halogens is 3. The summed E-state index contributed by atoms with van der Waals surface area (Å²) in [5, 5.41) is 0. The molecule has 0 saturated heterocycles. The minimum Gasteiger partial charge on any atom is -0.398 e. The van der Waals surface area contributed by atoms with Gasteiger partial charge in [0.2, 0.25) is 0 Å². The number of nitrogens with two attached hydrogens (primary N) is 1. The van der Waals surface area contributed by atoms with E-state index in [1.807, 2.05) is 0 Å². The SMILES string of the molecule is CN(C(=O)c1ccc(C(F)(F)F)c(N)c1)C1CC1. The van der Waals surface area contributed by atoms with Crippen LogP contribution in [0.15, 0.2) is 18.2 Å². The van der Waals surface area contributed by atoms with Crippen molar-refractivity contribution in [3.8, 4) is 0 Å². The third kappa shape index (κ3) is 2.42. The fourth-order valence-electron chi connectivity index (χ4n) is 1.79. The number of amides is 1. The molecule has 1 aromatic carbocycles. The lowest BCUT2D eigenvalue weighted by atomic mass is 10.1. The maximum atomic E-state index is 12.5. The van der Waals surface area contributed by atoms with Gasteiger partial charge in [0.15, 0.2) is 0 Å². The van der Waals surface area contributed by atoms with Crippen molar-refractivity contribution in [3.63, 3.8) is 0 Å². The van der Waals surface area contributed by atoms with Crippen molar-refractivity contribution in [1.82, 2.24) is 4.90 Å². The second kappa shape index (κ2) is 4.19. The number of hydrogen-bond acceptors (Lipinski definition) is 2. The molecular weight excluding hydrogens is 245 g/mol. The van der Waals surface area contributed by atoms with Crippen LogP contribution in [-0.4, -0.2) is 23.9 Å². The number of alkyl halides is 3. The number of carbonyl (C=O) groups excluding carboxylic acids is 1. The Morgan fingerprint density at radius 1 is 1.39 bits per heavy atom. The van der Waals surface area contributed by atoms with E-state index in [2.05, 4.69) is 0 Å². The Labute approximate surface area is 102 Å². The van der Waals surface area contributed by atoms with E-state index in [0.717, 1.165) is 25.0 Å². The Balaban J connectivity index is 2.25. The molecule has 0 spiro atoms. The van der Waals surface area contributed by atoms with E-state index in [0.29, 0.717) is 0 Å². The number of nitrogens with zero attached hydrogens (tertiary/aromatic N) is 1. The molecule has 2 rings (SSSR count). The molecule has 1 aliphatic rings. The van der Waals surface area contributed by atoms with Gasteiger partial charge in [0.1, 0.15) is 0 Å². The number of nitrogen functional groups attached to an aromatic ring is 1. The van der Waals surface area contributed by atoms with E-state index >= 15 is 0 Å². The van der Waals surface area contributed by atoms with E-state index in [9.17, 15) is 18.0 Å². The van der Waals surface area contributed by atoms with Crippen molar-refractivity contribution < 1.29 is 18.0 Å². The van der Waals surface area contributed by atoms with Crippen molar-refractivity contribution in [2.75, 3.05) is 12.8 Å². The van der Waals surface area contributed by atoms with Crippen molar-refractivity contribution in [3.05, 3.63) is 29.3 Å².